The van der Waals surface area contributed by atoms with Crippen molar-refractivity contribution in [1.82, 2.24) is 10.2 Å². The zero-order valence-corrected chi connectivity index (χ0v) is 19.5. The Morgan fingerprint density at radius 2 is 1.88 bits per heavy atom. The van der Waals surface area contributed by atoms with Gasteiger partial charge in [-0.05, 0) is 57.4 Å². The molecular weight excluding hydrogens is 404 g/mol. The average molecular weight is 449 g/mol. The Morgan fingerprint density at radius 3 is 2.56 bits per heavy atom. The first kappa shape index (κ1) is 26.5. The maximum absolute atomic E-state index is 12.7. The summed E-state index contributed by atoms with van der Waals surface area (Å²) in [4.78, 5) is 15.1. The van der Waals surface area contributed by atoms with E-state index in [0.717, 1.165) is 37.8 Å². The molecule has 2 heterocycles. The summed E-state index contributed by atoms with van der Waals surface area (Å²) >= 11 is 0. The summed E-state index contributed by atoms with van der Waals surface area (Å²) in [6.07, 6.45) is 7.54. The SMILES string of the molecule is C.CCCCCCCC(=O)N[C@H](CN1CCCC1(C)C)[C@H](O)c1ccc2c(c1)OCCO2. The number of fused-ring (bicyclic) bond motifs is 1. The molecule has 2 aliphatic heterocycles. The van der Waals surface area contributed by atoms with Crippen LogP contribution in [-0.4, -0.2) is 53.8 Å². The van der Waals surface area contributed by atoms with Crippen molar-refractivity contribution in [3.8, 4) is 11.5 Å². The van der Waals surface area contributed by atoms with E-state index in [1.807, 2.05) is 18.2 Å². The normalized spacial score (nSPS) is 19.1. The molecular formula is C26H44N2O4. The minimum Gasteiger partial charge on any atom is -0.486 e. The third-order valence-corrected chi connectivity index (χ3v) is 6.63. The van der Waals surface area contributed by atoms with Gasteiger partial charge in [-0.2, -0.15) is 0 Å². The number of hydrogen-bond acceptors (Lipinski definition) is 5. The Hall–Kier alpha value is -1.79. The highest BCUT2D eigenvalue weighted by Crippen LogP contribution is 2.34. The maximum atomic E-state index is 12.7. The van der Waals surface area contributed by atoms with Gasteiger partial charge < -0.3 is 19.9 Å². The first-order chi connectivity index (χ1) is 14.9. The van der Waals surface area contributed by atoms with Crippen LogP contribution in [0, 0.1) is 0 Å². The van der Waals surface area contributed by atoms with Gasteiger partial charge in [-0.1, -0.05) is 46.1 Å². The number of aliphatic hydroxyl groups excluding tert-OH is 1. The van der Waals surface area contributed by atoms with E-state index in [2.05, 4.69) is 31.0 Å². The molecule has 0 bridgehead atoms. The first-order valence-electron chi connectivity index (χ1n) is 12.0. The topological polar surface area (TPSA) is 71.0 Å². The van der Waals surface area contributed by atoms with Crippen LogP contribution in [0.2, 0.25) is 0 Å². The molecule has 1 aromatic carbocycles. The summed E-state index contributed by atoms with van der Waals surface area (Å²) in [6.45, 7) is 9.33. The Kier molecular flexibility index (Phi) is 10.3. The van der Waals surface area contributed by atoms with Crippen molar-refractivity contribution >= 4 is 5.91 Å². The molecule has 2 N–H and O–H groups in total. The number of carbonyl (C=O) groups excluding carboxylic acids is 1. The summed E-state index contributed by atoms with van der Waals surface area (Å²) in [5, 5.41) is 14.4. The van der Waals surface area contributed by atoms with Crippen LogP contribution in [0.3, 0.4) is 0 Å². The van der Waals surface area contributed by atoms with Crippen molar-refractivity contribution < 1.29 is 19.4 Å². The number of benzene rings is 1. The number of ether oxygens (including phenoxy) is 2. The van der Waals surface area contributed by atoms with E-state index in [0.29, 0.717) is 37.7 Å². The number of nitrogens with zero attached hydrogens (tertiary/aromatic N) is 1. The molecule has 0 radical (unpaired) electrons. The first-order valence-corrected chi connectivity index (χ1v) is 12.0. The Labute approximate surface area is 194 Å². The standard InChI is InChI=1S/C25H40N2O4.CH4/c1-4-5-6-7-8-10-23(28)26-20(18-27-14-9-13-25(27,2)3)24(29)19-11-12-21-22(17-19)31-16-15-30-21;/h11-12,17,20,24,29H,4-10,13-16,18H2,1-3H3,(H,26,28);1H4/t20-,24-;/m1./s1. The number of unbranched alkanes of at least 4 members (excludes halogenated alkanes) is 4. The molecule has 0 aliphatic carbocycles. The maximum Gasteiger partial charge on any atom is 0.220 e. The number of likely N-dealkylation sites (tertiary alicyclic amines) is 1. The molecule has 0 unspecified atom stereocenters. The highest BCUT2D eigenvalue weighted by atomic mass is 16.6. The molecule has 3 rings (SSSR count). The second-order valence-corrected chi connectivity index (χ2v) is 9.55. The third-order valence-electron chi connectivity index (χ3n) is 6.63. The fourth-order valence-corrected chi connectivity index (χ4v) is 4.61. The van der Waals surface area contributed by atoms with Gasteiger partial charge in [-0.3, -0.25) is 9.69 Å². The van der Waals surface area contributed by atoms with Gasteiger partial charge in [0.25, 0.3) is 0 Å². The molecule has 182 valence electrons. The van der Waals surface area contributed by atoms with Crippen LogP contribution in [0.25, 0.3) is 0 Å². The number of hydrogen-bond donors (Lipinski definition) is 2. The summed E-state index contributed by atoms with van der Waals surface area (Å²) in [7, 11) is 0. The van der Waals surface area contributed by atoms with Gasteiger partial charge in [0.1, 0.15) is 19.3 Å². The molecule has 2 aliphatic rings. The second kappa shape index (κ2) is 12.4. The molecule has 0 saturated carbocycles. The lowest BCUT2D eigenvalue weighted by Gasteiger charge is -2.36. The van der Waals surface area contributed by atoms with Crippen LogP contribution >= 0.6 is 0 Å². The van der Waals surface area contributed by atoms with Crippen molar-refractivity contribution in [2.45, 2.75) is 97.2 Å². The van der Waals surface area contributed by atoms with E-state index in [9.17, 15) is 9.90 Å². The van der Waals surface area contributed by atoms with Gasteiger partial charge in [0.2, 0.25) is 5.91 Å². The van der Waals surface area contributed by atoms with Gasteiger partial charge in [-0.25, -0.2) is 0 Å². The lowest BCUT2D eigenvalue weighted by atomic mass is 9.97. The molecule has 32 heavy (non-hydrogen) atoms. The van der Waals surface area contributed by atoms with E-state index in [-0.39, 0.29) is 24.9 Å². The largest absolute Gasteiger partial charge is 0.486 e. The van der Waals surface area contributed by atoms with Crippen molar-refractivity contribution in [2.24, 2.45) is 0 Å². The van der Waals surface area contributed by atoms with Crippen LogP contribution in [-0.2, 0) is 4.79 Å². The van der Waals surface area contributed by atoms with Crippen molar-refractivity contribution in [3.05, 3.63) is 23.8 Å². The predicted molar refractivity (Wildman–Crippen MR) is 129 cm³/mol. The van der Waals surface area contributed by atoms with E-state index < -0.39 is 6.10 Å². The fraction of sp³-hybridized carbons (Fsp3) is 0.731. The highest BCUT2D eigenvalue weighted by molar-refractivity contribution is 5.76. The fourth-order valence-electron chi connectivity index (χ4n) is 4.61. The Balaban J connectivity index is 0.00000363. The number of amides is 1. The monoisotopic (exact) mass is 448 g/mol. The van der Waals surface area contributed by atoms with E-state index in [4.69, 9.17) is 9.47 Å². The molecule has 0 aromatic heterocycles. The summed E-state index contributed by atoms with van der Waals surface area (Å²) in [6, 6.07) is 5.19. The molecule has 1 aromatic rings. The zero-order valence-electron chi connectivity index (χ0n) is 19.5. The van der Waals surface area contributed by atoms with Gasteiger partial charge >= 0.3 is 0 Å². The molecule has 0 spiro atoms. The molecule has 6 heteroatoms. The average Bonchev–Trinajstić information content (AvgIpc) is 3.10. The van der Waals surface area contributed by atoms with E-state index in [1.165, 1.54) is 19.3 Å². The predicted octanol–water partition coefficient (Wildman–Crippen LogP) is 4.85. The number of rotatable bonds is 11. The molecule has 6 nitrogen and oxygen atoms in total. The lowest BCUT2D eigenvalue weighted by Crippen LogP contribution is -2.51. The summed E-state index contributed by atoms with van der Waals surface area (Å²) in [5.41, 5.74) is 0.824. The van der Waals surface area contributed by atoms with Crippen LogP contribution in [0.15, 0.2) is 18.2 Å². The third kappa shape index (κ3) is 7.11. The quantitative estimate of drug-likeness (QED) is 0.474. The second-order valence-electron chi connectivity index (χ2n) is 9.55. The summed E-state index contributed by atoms with van der Waals surface area (Å²) < 4.78 is 11.3. The van der Waals surface area contributed by atoms with Crippen molar-refractivity contribution in [1.29, 1.82) is 0 Å². The van der Waals surface area contributed by atoms with E-state index in [1.54, 1.807) is 0 Å². The van der Waals surface area contributed by atoms with Gasteiger partial charge in [-0.15, -0.1) is 0 Å². The number of carbonyl (C=O) groups is 1. The Morgan fingerprint density at radius 1 is 1.16 bits per heavy atom. The molecule has 1 amide bonds. The zero-order chi connectivity index (χ0) is 22.3. The number of aliphatic hydroxyl groups is 1. The van der Waals surface area contributed by atoms with Gasteiger partial charge in [0.15, 0.2) is 11.5 Å². The molecule has 1 saturated heterocycles. The van der Waals surface area contributed by atoms with Gasteiger partial charge in [0, 0.05) is 18.5 Å². The van der Waals surface area contributed by atoms with Crippen molar-refractivity contribution in [2.75, 3.05) is 26.3 Å². The minimum atomic E-state index is -0.809. The van der Waals surface area contributed by atoms with E-state index >= 15 is 0 Å². The van der Waals surface area contributed by atoms with Crippen LogP contribution in [0.5, 0.6) is 11.5 Å². The summed E-state index contributed by atoms with van der Waals surface area (Å²) in [5.74, 6) is 1.39. The minimum absolute atomic E-state index is 0. The number of nitrogens with one attached hydrogen (secondary N) is 1. The van der Waals surface area contributed by atoms with Crippen LogP contribution < -0.4 is 14.8 Å². The van der Waals surface area contributed by atoms with Gasteiger partial charge in [0.05, 0.1) is 6.04 Å². The molecule has 1 fully saturated rings. The van der Waals surface area contributed by atoms with Crippen LogP contribution in [0.1, 0.15) is 91.2 Å². The van der Waals surface area contributed by atoms with Crippen molar-refractivity contribution in [3.63, 3.8) is 0 Å². The lowest BCUT2D eigenvalue weighted by molar-refractivity contribution is -0.123. The Bertz CT molecular complexity index is 722. The smallest absolute Gasteiger partial charge is 0.220 e. The highest BCUT2D eigenvalue weighted by Gasteiger charge is 2.35. The van der Waals surface area contributed by atoms with Crippen LogP contribution in [0.4, 0.5) is 0 Å². The molecule has 2 atom stereocenters.